The van der Waals surface area contributed by atoms with Crippen LogP contribution in [0.4, 0.5) is 5.82 Å². The van der Waals surface area contributed by atoms with Crippen LogP contribution in [0.25, 0.3) is 22.1 Å². The summed E-state index contributed by atoms with van der Waals surface area (Å²) in [7, 11) is 1.93. The van der Waals surface area contributed by atoms with Crippen molar-refractivity contribution in [1.82, 2.24) is 33.8 Å². The monoisotopic (exact) mass is 584 g/mol. The second-order valence-corrected chi connectivity index (χ2v) is 11.2. The molecule has 1 saturated heterocycles. The molecule has 0 spiro atoms. The quantitative estimate of drug-likeness (QED) is 0.289. The average molecular weight is 585 g/mol. The number of nitrogens with two attached hydrogens (primary N) is 1. The third-order valence-corrected chi connectivity index (χ3v) is 8.50. The highest BCUT2D eigenvalue weighted by Crippen LogP contribution is 2.33. The molecule has 1 unspecified atom stereocenters. The number of aromatic nitrogens is 6. The smallest absolute Gasteiger partial charge is 0.264 e. The Bertz CT molecular complexity index is 2130. The van der Waals surface area contributed by atoms with Crippen LogP contribution >= 0.6 is 0 Å². The summed E-state index contributed by atoms with van der Waals surface area (Å²) in [5.41, 5.74) is 11.8. The number of aryl methyl sites for hydroxylation is 1. The van der Waals surface area contributed by atoms with Gasteiger partial charge >= 0.3 is 0 Å². The number of pyridine rings is 1. The van der Waals surface area contributed by atoms with Gasteiger partial charge in [-0.1, -0.05) is 49.1 Å². The number of nitrogens with zero attached hydrogens (tertiary/aromatic N) is 7. The molecule has 0 saturated carbocycles. The molecule has 44 heavy (non-hydrogen) atoms. The lowest BCUT2D eigenvalue weighted by Gasteiger charge is -2.39. The highest BCUT2D eigenvalue weighted by atomic mass is 16.3. The van der Waals surface area contributed by atoms with Gasteiger partial charge in [0.1, 0.15) is 0 Å². The number of aliphatic hydroxyl groups excluding tert-OH is 1. The van der Waals surface area contributed by atoms with Crippen LogP contribution in [0.1, 0.15) is 46.8 Å². The zero-order valence-electron chi connectivity index (χ0n) is 24.6. The second-order valence-electron chi connectivity index (χ2n) is 11.2. The van der Waals surface area contributed by atoms with Gasteiger partial charge in [-0.3, -0.25) is 18.9 Å². The summed E-state index contributed by atoms with van der Waals surface area (Å²) in [4.78, 5) is 21.3. The first-order chi connectivity index (χ1) is 21.4. The second kappa shape index (κ2) is 11.1. The lowest BCUT2D eigenvalue weighted by Crippen LogP contribution is -2.47. The normalized spacial score (nSPS) is 14.4. The van der Waals surface area contributed by atoms with Crippen LogP contribution in [0.5, 0.6) is 0 Å². The van der Waals surface area contributed by atoms with E-state index in [1.165, 1.54) is 0 Å². The molecule has 1 atom stereocenters. The first kappa shape index (κ1) is 27.6. The summed E-state index contributed by atoms with van der Waals surface area (Å²) in [5.74, 6) is 7.02. The highest BCUT2D eigenvalue weighted by molar-refractivity contribution is 5.88. The molecule has 0 radical (unpaired) electrons. The number of anilines is 1. The van der Waals surface area contributed by atoms with Crippen molar-refractivity contribution in [3.05, 3.63) is 118 Å². The van der Waals surface area contributed by atoms with Gasteiger partial charge in [-0.25, -0.2) is 9.50 Å². The molecule has 0 aliphatic carbocycles. The van der Waals surface area contributed by atoms with Gasteiger partial charge in [0, 0.05) is 73.4 Å². The lowest BCUT2D eigenvalue weighted by atomic mass is 9.93. The van der Waals surface area contributed by atoms with Gasteiger partial charge in [-0.2, -0.15) is 5.10 Å². The van der Waals surface area contributed by atoms with Gasteiger partial charge < -0.3 is 10.8 Å². The topological polar surface area (TPSA) is 120 Å². The molecule has 1 aliphatic rings. The number of β-amino-alcohol motifs (C(OH)–C–C–N with tert-alkyl or cyclic N) is 1. The van der Waals surface area contributed by atoms with Crippen molar-refractivity contribution in [3.8, 4) is 17.5 Å². The number of likely N-dealkylation sites (tertiary alicyclic amines) is 1. The number of rotatable bonds is 6. The number of hydrogen-bond donors (Lipinski definition) is 2. The Morgan fingerprint density at radius 2 is 1.86 bits per heavy atom. The molecule has 3 N–H and O–H groups in total. The Morgan fingerprint density at radius 3 is 2.66 bits per heavy atom. The minimum atomic E-state index is -0.291. The van der Waals surface area contributed by atoms with Crippen LogP contribution in [0, 0.1) is 11.8 Å². The van der Waals surface area contributed by atoms with E-state index in [0.29, 0.717) is 34.9 Å². The van der Waals surface area contributed by atoms with E-state index in [4.69, 9.17) is 5.73 Å². The molecule has 10 nitrogen and oxygen atoms in total. The maximum absolute atomic E-state index is 14.5. The van der Waals surface area contributed by atoms with E-state index in [-0.39, 0.29) is 18.1 Å². The van der Waals surface area contributed by atoms with Crippen molar-refractivity contribution in [1.29, 1.82) is 0 Å². The van der Waals surface area contributed by atoms with Gasteiger partial charge in [0.2, 0.25) is 0 Å². The number of hydrogen-bond acceptors (Lipinski definition) is 7. The SMILES string of the molecule is CC(c1c(N)nn2cccnc12)c1cc2cccc(C#Cc3cnn(C)c3C3CN(CCO)C3)c2c(=O)n1-c1ccccc1. The standard InChI is InChI=1S/C34H32N8O2/c1-22(29-32(35)38-41-15-7-14-36-33(29)41)28-18-24-9-6-8-23(30(24)34(44)42(28)27-10-4-3-5-11-27)12-13-25-19-37-39(2)31(25)26-20-40(21-26)16-17-43/h3-11,14-15,18-19,22,26,43H,16-17,20-21H2,1-2H3,(H2,35,38). The fourth-order valence-corrected chi connectivity index (χ4v) is 6.36. The number of benzene rings is 2. The molecule has 1 fully saturated rings. The Kier molecular flexibility index (Phi) is 6.97. The van der Waals surface area contributed by atoms with Gasteiger partial charge in [-0.05, 0) is 35.7 Å². The molecule has 0 bridgehead atoms. The maximum atomic E-state index is 14.5. The van der Waals surface area contributed by atoms with Crippen molar-refractivity contribution in [2.24, 2.45) is 7.05 Å². The summed E-state index contributed by atoms with van der Waals surface area (Å²) < 4.78 is 5.30. The zero-order valence-corrected chi connectivity index (χ0v) is 24.6. The molecule has 4 aromatic heterocycles. The predicted octanol–water partition coefficient (Wildman–Crippen LogP) is 3.29. The Hall–Kier alpha value is -5.24. The number of nitrogen functional groups attached to an aromatic ring is 1. The van der Waals surface area contributed by atoms with Crippen molar-refractivity contribution in [2.45, 2.75) is 18.8 Å². The molecular weight excluding hydrogens is 552 g/mol. The van der Waals surface area contributed by atoms with Crippen molar-refractivity contribution < 1.29 is 5.11 Å². The minimum Gasteiger partial charge on any atom is -0.395 e. The van der Waals surface area contributed by atoms with E-state index >= 15 is 0 Å². The molecule has 0 amide bonds. The first-order valence-corrected chi connectivity index (χ1v) is 14.6. The molecule has 6 aromatic rings. The zero-order chi connectivity index (χ0) is 30.4. The number of para-hydroxylation sites is 1. The summed E-state index contributed by atoms with van der Waals surface area (Å²) in [6.07, 6.45) is 5.32. The van der Waals surface area contributed by atoms with E-state index in [1.807, 2.05) is 79.4 Å². The van der Waals surface area contributed by atoms with Crippen LogP contribution < -0.4 is 11.3 Å². The summed E-state index contributed by atoms with van der Waals surface area (Å²) >= 11 is 0. The van der Waals surface area contributed by atoms with Gasteiger partial charge in [0.25, 0.3) is 5.56 Å². The first-order valence-electron chi connectivity index (χ1n) is 14.6. The lowest BCUT2D eigenvalue weighted by molar-refractivity contribution is 0.112. The summed E-state index contributed by atoms with van der Waals surface area (Å²) in [6, 6.07) is 19.2. The molecular formula is C34H32N8O2. The molecule has 1 aliphatic heterocycles. The average Bonchev–Trinajstić information content (AvgIpc) is 3.55. The van der Waals surface area contributed by atoms with Crippen molar-refractivity contribution >= 4 is 22.2 Å². The van der Waals surface area contributed by atoms with Crippen molar-refractivity contribution in [2.75, 3.05) is 32.0 Å². The fraction of sp³-hybridized carbons (Fsp3) is 0.235. The number of aliphatic hydroxyl groups is 1. The third-order valence-electron chi connectivity index (χ3n) is 8.50. The van der Waals surface area contributed by atoms with Crippen LogP contribution in [0.2, 0.25) is 0 Å². The third kappa shape index (κ3) is 4.63. The van der Waals surface area contributed by atoms with E-state index in [0.717, 1.165) is 46.7 Å². The summed E-state index contributed by atoms with van der Waals surface area (Å²) in [6.45, 7) is 4.56. The molecule has 2 aromatic carbocycles. The highest BCUT2D eigenvalue weighted by Gasteiger charge is 2.31. The molecule has 10 heteroatoms. The number of fused-ring (bicyclic) bond motifs is 2. The Labute approximate surface area is 254 Å². The predicted molar refractivity (Wildman–Crippen MR) is 170 cm³/mol. The summed E-state index contributed by atoms with van der Waals surface area (Å²) in [5, 5.41) is 19.6. The van der Waals surface area contributed by atoms with E-state index in [1.54, 1.807) is 27.5 Å². The van der Waals surface area contributed by atoms with E-state index in [2.05, 4.69) is 31.9 Å². The molecule has 220 valence electrons. The molecule has 5 heterocycles. The van der Waals surface area contributed by atoms with Crippen LogP contribution in [0.15, 0.2) is 84.0 Å². The maximum Gasteiger partial charge on any atom is 0.264 e. The molecule has 7 rings (SSSR count). The fourth-order valence-electron chi connectivity index (χ4n) is 6.36. The van der Waals surface area contributed by atoms with E-state index < -0.39 is 0 Å². The largest absolute Gasteiger partial charge is 0.395 e. The van der Waals surface area contributed by atoms with E-state index in [9.17, 15) is 9.90 Å². The van der Waals surface area contributed by atoms with Crippen molar-refractivity contribution in [3.63, 3.8) is 0 Å². The van der Waals surface area contributed by atoms with Crippen LogP contribution in [-0.4, -0.2) is 65.2 Å². The minimum absolute atomic E-state index is 0.149. The van der Waals surface area contributed by atoms with Crippen LogP contribution in [0.3, 0.4) is 0 Å². The van der Waals surface area contributed by atoms with Gasteiger partial charge in [-0.15, -0.1) is 5.10 Å². The Balaban J connectivity index is 1.37. The van der Waals surface area contributed by atoms with Crippen LogP contribution in [-0.2, 0) is 7.05 Å². The Morgan fingerprint density at radius 1 is 1.07 bits per heavy atom. The van der Waals surface area contributed by atoms with Gasteiger partial charge in [0.15, 0.2) is 11.5 Å². The van der Waals surface area contributed by atoms with Gasteiger partial charge in [0.05, 0.1) is 29.4 Å².